The van der Waals surface area contributed by atoms with E-state index in [4.69, 9.17) is 11.6 Å². The fourth-order valence-corrected chi connectivity index (χ4v) is 3.74. The second-order valence-corrected chi connectivity index (χ2v) is 7.25. The number of nitrogens with zero attached hydrogens (tertiary/aromatic N) is 1. The summed E-state index contributed by atoms with van der Waals surface area (Å²) in [6.07, 6.45) is 4.12. The molecule has 0 aromatic carbocycles. The van der Waals surface area contributed by atoms with Gasteiger partial charge < -0.3 is 15.3 Å². The molecule has 1 heterocycles. The Balaban J connectivity index is 1.82. The standard InChI is InChI=1S/C14H21ClN2O2S/c1-17(9-11-4-5-12(15)20-11)13(19)8-16-14(10-18)6-2-3-7-14/h4-5,16,18H,2-3,6-10H2,1H3. The van der Waals surface area contributed by atoms with Gasteiger partial charge in [0.05, 0.1) is 24.0 Å². The molecule has 112 valence electrons. The number of hydrogen-bond acceptors (Lipinski definition) is 4. The van der Waals surface area contributed by atoms with Crippen molar-refractivity contribution in [1.29, 1.82) is 0 Å². The topological polar surface area (TPSA) is 52.6 Å². The SMILES string of the molecule is CN(Cc1ccc(Cl)s1)C(=O)CNC1(CO)CCCC1. The van der Waals surface area contributed by atoms with E-state index in [0.29, 0.717) is 6.54 Å². The molecular formula is C14H21ClN2O2S. The molecule has 0 bridgehead atoms. The maximum Gasteiger partial charge on any atom is 0.236 e. The summed E-state index contributed by atoms with van der Waals surface area (Å²) in [7, 11) is 1.79. The quantitative estimate of drug-likeness (QED) is 0.846. The van der Waals surface area contributed by atoms with Crippen LogP contribution in [0.4, 0.5) is 0 Å². The van der Waals surface area contributed by atoms with E-state index in [0.717, 1.165) is 34.9 Å². The van der Waals surface area contributed by atoms with Crippen LogP contribution in [0.15, 0.2) is 12.1 Å². The predicted molar refractivity (Wildman–Crippen MR) is 82.1 cm³/mol. The van der Waals surface area contributed by atoms with Gasteiger partial charge in [-0.05, 0) is 25.0 Å². The van der Waals surface area contributed by atoms with Crippen molar-refractivity contribution < 1.29 is 9.90 Å². The van der Waals surface area contributed by atoms with Crippen LogP contribution in [0, 0.1) is 0 Å². The number of amides is 1. The number of likely N-dealkylation sites (N-methyl/N-ethyl adjacent to an activating group) is 1. The van der Waals surface area contributed by atoms with Crippen molar-refractivity contribution in [2.45, 2.75) is 37.8 Å². The third-order valence-electron chi connectivity index (χ3n) is 3.93. The molecule has 1 aromatic rings. The molecule has 0 aliphatic heterocycles. The molecule has 0 atom stereocenters. The summed E-state index contributed by atoms with van der Waals surface area (Å²) in [4.78, 5) is 14.9. The Morgan fingerprint density at radius 3 is 2.75 bits per heavy atom. The van der Waals surface area contributed by atoms with E-state index in [2.05, 4.69) is 5.32 Å². The average molecular weight is 317 g/mol. The molecule has 0 spiro atoms. The van der Waals surface area contributed by atoms with Gasteiger partial charge in [0.2, 0.25) is 5.91 Å². The zero-order valence-corrected chi connectivity index (χ0v) is 13.3. The third-order valence-corrected chi connectivity index (χ3v) is 5.14. The van der Waals surface area contributed by atoms with Crippen molar-refractivity contribution in [2.75, 3.05) is 20.2 Å². The molecule has 1 aromatic heterocycles. The van der Waals surface area contributed by atoms with Crippen LogP contribution in [0.25, 0.3) is 0 Å². The first-order valence-electron chi connectivity index (χ1n) is 6.89. The zero-order chi connectivity index (χ0) is 14.6. The molecule has 1 aliphatic rings. The molecule has 0 saturated heterocycles. The molecule has 0 unspecified atom stereocenters. The van der Waals surface area contributed by atoms with Gasteiger partial charge in [-0.3, -0.25) is 4.79 Å². The van der Waals surface area contributed by atoms with Crippen LogP contribution in [0.5, 0.6) is 0 Å². The molecule has 6 heteroatoms. The lowest BCUT2D eigenvalue weighted by atomic mass is 9.99. The predicted octanol–water partition coefficient (Wildman–Crippen LogP) is 2.25. The largest absolute Gasteiger partial charge is 0.394 e. The second-order valence-electron chi connectivity index (χ2n) is 5.45. The molecule has 1 fully saturated rings. The van der Waals surface area contributed by atoms with Crippen molar-refractivity contribution in [3.05, 3.63) is 21.3 Å². The summed E-state index contributed by atoms with van der Waals surface area (Å²) >= 11 is 7.37. The Morgan fingerprint density at radius 1 is 1.50 bits per heavy atom. The highest BCUT2D eigenvalue weighted by Gasteiger charge is 2.33. The molecule has 1 amide bonds. The number of aliphatic hydroxyl groups is 1. The average Bonchev–Trinajstić information content (AvgIpc) is 3.06. The summed E-state index contributed by atoms with van der Waals surface area (Å²) in [5.41, 5.74) is -0.247. The first-order chi connectivity index (χ1) is 9.54. The third kappa shape index (κ3) is 3.95. The Kier molecular flexibility index (Phi) is 5.43. The van der Waals surface area contributed by atoms with Crippen LogP contribution in [0.2, 0.25) is 4.34 Å². The molecule has 1 aliphatic carbocycles. The van der Waals surface area contributed by atoms with Gasteiger partial charge in [-0.2, -0.15) is 0 Å². The number of thiophene rings is 1. The lowest BCUT2D eigenvalue weighted by Gasteiger charge is -2.29. The molecule has 4 nitrogen and oxygen atoms in total. The van der Waals surface area contributed by atoms with E-state index in [1.165, 1.54) is 11.3 Å². The Bertz CT molecular complexity index is 458. The van der Waals surface area contributed by atoms with Crippen molar-refractivity contribution >= 4 is 28.8 Å². The first kappa shape index (κ1) is 15.8. The van der Waals surface area contributed by atoms with E-state index in [9.17, 15) is 9.90 Å². The van der Waals surface area contributed by atoms with Crippen molar-refractivity contribution in [1.82, 2.24) is 10.2 Å². The summed E-state index contributed by atoms with van der Waals surface area (Å²) < 4.78 is 0.740. The van der Waals surface area contributed by atoms with Gasteiger partial charge in [0.15, 0.2) is 0 Å². The molecular weight excluding hydrogens is 296 g/mol. The Morgan fingerprint density at radius 2 is 2.20 bits per heavy atom. The summed E-state index contributed by atoms with van der Waals surface area (Å²) in [6.45, 7) is 0.949. The minimum absolute atomic E-state index is 0.0363. The second kappa shape index (κ2) is 6.89. The fraction of sp³-hybridized carbons (Fsp3) is 0.643. The normalized spacial score (nSPS) is 17.4. The van der Waals surface area contributed by atoms with Gasteiger partial charge in [0.25, 0.3) is 0 Å². The molecule has 2 N–H and O–H groups in total. The summed E-state index contributed by atoms with van der Waals surface area (Å²) in [6, 6.07) is 3.79. The minimum atomic E-state index is -0.247. The van der Waals surface area contributed by atoms with Gasteiger partial charge in [-0.15, -0.1) is 11.3 Å². The number of rotatable bonds is 6. The maximum absolute atomic E-state index is 12.1. The zero-order valence-electron chi connectivity index (χ0n) is 11.7. The monoisotopic (exact) mass is 316 g/mol. The van der Waals surface area contributed by atoms with E-state index in [-0.39, 0.29) is 24.6 Å². The number of hydrogen-bond donors (Lipinski definition) is 2. The number of carbonyl (C=O) groups is 1. The van der Waals surface area contributed by atoms with Gasteiger partial charge in [0, 0.05) is 17.5 Å². The summed E-state index contributed by atoms with van der Waals surface area (Å²) in [5.74, 6) is 0.0363. The van der Waals surface area contributed by atoms with Crippen molar-refractivity contribution in [3.63, 3.8) is 0 Å². The summed E-state index contributed by atoms with van der Waals surface area (Å²) in [5, 5.41) is 12.8. The Hall–Kier alpha value is -0.620. The molecule has 2 rings (SSSR count). The van der Waals surface area contributed by atoms with Crippen LogP contribution in [0.3, 0.4) is 0 Å². The Labute approximate surface area is 128 Å². The van der Waals surface area contributed by atoms with Gasteiger partial charge in [-0.25, -0.2) is 0 Å². The van der Waals surface area contributed by atoms with Crippen molar-refractivity contribution in [3.8, 4) is 0 Å². The molecule has 1 saturated carbocycles. The molecule has 20 heavy (non-hydrogen) atoms. The molecule has 0 radical (unpaired) electrons. The van der Waals surface area contributed by atoms with E-state index in [1.807, 2.05) is 12.1 Å². The van der Waals surface area contributed by atoms with E-state index in [1.54, 1.807) is 11.9 Å². The van der Waals surface area contributed by atoms with Gasteiger partial charge >= 0.3 is 0 Å². The highest BCUT2D eigenvalue weighted by Crippen LogP contribution is 2.29. The number of carbonyl (C=O) groups excluding carboxylic acids is 1. The number of halogens is 1. The van der Waals surface area contributed by atoms with E-state index < -0.39 is 0 Å². The van der Waals surface area contributed by atoms with Crippen LogP contribution in [-0.4, -0.2) is 41.7 Å². The lowest BCUT2D eigenvalue weighted by molar-refractivity contribution is -0.129. The highest BCUT2D eigenvalue weighted by molar-refractivity contribution is 7.16. The number of nitrogens with one attached hydrogen (secondary N) is 1. The maximum atomic E-state index is 12.1. The van der Waals surface area contributed by atoms with Gasteiger partial charge in [0.1, 0.15) is 0 Å². The van der Waals surface area contributed by atoms with Gasteiger partial charge in [-0.1, -0.05) is 24.4 Å². The minimum Gasteiger partial charge on any atom is -0.394 e. The lowest BCUT2D eigenvalue weighted by Crippen LogP contribution is -2.50. The van der Waals surface area contributed by atoms with Crippen molar-refractivity contribution in [2.24, 2.45) is 0 Å². The van der Waals surface area contributed by atoms with Crippen LogP contribution >= 0.6 is 22.9 Å². The smallest absolute Gasteiger partial charge is 0.236 e. The highest BCUT2D eigenvalue weighted by atomic mass is 35.5. The fourth-order valence-electron chi connectivity index (χ4n) is 2.60. The number of aliphatic hydroxyl groups excluding tert-OH is 1. The van der Waals surface area contributed by atoms with Crippen LogP contribution in [-0.2, 0) is 11.3 Å². The van der Waals surface area contributed by atoms with Crippen LogP contribution in [0.1, 0.15) is 30.6 Å². The van der Waals surface area contributed by atoms with Crippen LogP contribution < -0.4 is 5.32 Å². The van der Waals surface area contributed by atoms with E-state index >= 15 is 0 Å². The first-order valence-corrected chi connectivity index (χ1v) is 8.08.